The van der Waals surface area contributed by atoms with Crippen LogP contribution in [-0.4, -0.2) is 20.1 Å². The Kier molecular flexibility index (Phi) is 3.65. The molecule has 2 rings (SSSR count). The van der Waals surface area contributed by atoms with Crippen molar-refractivity contribution in [3.05, 3.63) is 50.2 Å². The number of hydrogen-bond donors (Lipinski definition) is 3. The van der Waals surface area contributed by atoms with Gasteiger partial charge in [-0.15, -0.1) is 0 Å². The first kappa shape index (κ1) is 14.6. The SMILES string of the molecule is O=c1[nH]nc(CNc2ccc(C(F)(F)F)cc2[N+](=O)[O-])[nH]1. The summed E-state index contributed by atoms with van der Waals surface area (Å²) in [6.07, 6.45) is -4.67. The summed E-state index contributed by atoms with van der Waals surface area (Å²) in [6, 6.07) is 2.12. The number of hydrogen-bond acceptors (Lipinski definition) is 5. The second-order valence-corrected chi connectivity index (χ2v) is 3.96. The van der Waals surface area contributed by atoms with Gasteiger partial charge in [0.1, 0.15) is 11.5 Å². The number of nitro benzene ring substituents is 1. The maximum atomic E-state index is 12.5. The Morgan fingerprint density at radius 2 is 2.10 bits per heavy atom. The molecule has 0 saturated heterocycles. The summed E-state index contributed by atoms with van der Waals surface area (Å²) < 4.78 is 37.6. The molecule has 0 unspecified atom stereocenters. The number of nitro groups is 1. The lowest BCUT2D eigenvalue weighted by atomic mass is 10.1. The van der Waals surface area contributed by atoms with Crippen molar-refractivity contribution in [2.75, 3.05) is 5.32 Å². The fourth-order valence-electron chi connectivity index (χ4n) is 1.58. The van der Waals surface area contributed by atoms with Crippen LogP contribution >= 0.6 is 0 Å². The van der Waals surface area contributed by atoms with Crippen molar-refractivity contribution in [3.8, 4) is 0 Å². The Morgan fingerprint density at radius 3 is 2.62 bits per heavy atom. The summed E-state index contributed by atoms with van der Waals surface area (Å²) in [5, 5.41) is 19.0. The monoisotopic (exact) mass is 303 g/mol. The van der Waals surface area contributed by atoms with Gasteiger partial charge in [0, 0.05) is 6.07 Å². The zero-order chi connectivity index (χ0) is 15.6. The first-order chi connectivity index (χ1) is 9.77. The van der Waals surface area contributed by atoms with Crippen LogP contribution in [-0.2, 0) is 12.7 Å². The lowest BCUT2D eigenvalue weighted by Gasteiger charge is -2.09. The van der Waals surface area contributed by atoms with Crippen LogP contribution in [0, 0.1) is 10.1 Å². The van der Waals surface area contributed by atoms with Crippen LogP contribution in [0.1, 0.15) is 11.4 Å². The van der Waals surface area contributed by atoms with E-state index in [9.17, 15) is 28.1 Å². The molecular weight excluding hydrogens is 295 g/mol. The number of alkyl halides is 3. The smallest absolute Gasteiger partial charge is 0.372 e. The fraction of sp³-hybridized carbons (Fsp3) is 0.200. The summed E-state index contributed by atoms with van der Waals surface area (Å²) in [5.41, 5.74) is -2.51. The molecule has 0 fully saturated rings. The lowest BCUT2D eigenvalue weighted by Crippen LogP contribution is -2.09. The van der Waals surface area contributed by atoms with Crippen molar-refractivity contribution in [2.45, 2.75) is 12.7 Å². The highest BCUT2D eigenvalue weighted by Crippen LogP contribution is 2.34. The molecule has 11 heteroatoms. The van der Waals surface area contributed by atoms with Gasteiger partial charge in [0.25, 0.3) is 5.69 Å². The molecule has 0 spiro atoms. The Balaban J connectivity index is 2.26. The van der Waals surface area contributed by atoms with Crippen LogP contribution in [0.3, 0.4) is 0 Å². The van der Waals surface area contributed by atoms with E-state index in [-0.39, 0.29) is 18.1 Å². The molecule has 0 radical (unpaired) electrons. The molecule has 0 atom stereocenters. The van der Waals surface area contributed by atoms with Crippen molar-refractivity contribution < 1.29 is 18.1 Å². The Hall–Kier alpha value is -2.85. The largest absolute Gasteiger partial charge is 0.416 e. The molecule has 0 aliphatic heterocycles. The van der Waals surface area contributed by atoms with Gasteiger partial charge >= 0.3 is 11.9 Å². The molecule has 112 valence electrons. The average molecular weight is 303 g/mol. The first-order valence-electron chi connectivity index (χ1n) is 5.50. The summed E-state index contributed by atoms with van der Waals surface area (Å²) in [4.78, 5) is 23.0. The third kappa shape index (κ3) is 3.38. The van der Waals surface area contributed by atoms with E-state index in [0.717, 1.165) is 12.1 Å². The number of halogens is 3. The molecule has 1 heterocycles. The highest BCUT2D eigenvalue weighted by molar-refractivity contribution is 5.62. The lowest BCUT2D eigenvalue weighted by molar-refractivity contribution is -0.384. The van der Waals surface area contributed by atoms with Gasteiger partial charge in [-0.3, -0.25) is 15.1 Å². The highest BCUT2D eigenvalue weighted by Gasteiger charge is 2.33. The predicted octanol–water partition coefficient (Wildman–Crippen LogP) is 1.64. The number of aromatic amines is 2. The van der Waals surface area contributed by atoms with Crippen LogP contribution in [0.2, 0.25) is 0 Å². The van der Waals surface area contributed by atoms with Crippen LogP contribution in [0.4, 0.5) is 24.5 Å². The zero-order valence-electron chi connectivity index (χ0n) is 10.2. The number of aromatic nitrogens is 3. The quantitative estimate of drug-likeness (QED) is 0.586. The minimum atomic E-state index is -4.67. The van der Waals surface area contributed by atoms with Crippen molar-refractivity contribution >= 4 is 11.4 Å². The molecule has 21 heavy (non-hydrogen) atoms. The Labute approximate surface area is 114 Å². The topological polar surface area (TPSA) is 117 Å². The van der Waals surface area contributed by atoms with Crippen LogP contribution < -0.4 is 11.0 Å². The number of nitrogens with one attached hydrogen (secondary N) is 3. The van der Waals surface area contributed by atoms with Crippen LogP contribution in [0.5, 0.6) is 0 Å². The van der Waals surface area contributed by atoms with E-state index in [2.05, 4.69) is 20.5 Å². The van der Waals surface area contributed by atoms with Crippen LogP contribution in [0.25, 0.3) is 0 Å². The normalized spacial score (nSPS) is 11.4. The van der Waals surface area contributed by atoms with Gasteiger partial charge in [0.05, 0.1) is 17.0 Å². The second kappa shape index (κ2) is 5.26. The number of rotatable bonds is 4. The predicted molar refractivity (Wildman–Crippen MR) is 64.6 cm³/mol. The van der Waals surface area contributed by atoms with E-state index in [1.807, 2.05) is 0 Å². The molecular formula is C10H8F3N5O3. The molecule has 3 N–H and O–H groups in total. The maximum Gasteiger partial charge on any atom is 0.416 e. The minimum Gasteiger partial charge on any atom is -0.372 e. The molecule has 1 aromatic heterocycles. The van der Waals surface area contributed by atoms with E-state index in [1.165, 1.54) is 0 Å². The molecule has 0 aliphatic rings. The summed E-state index contributed by atoms with van der Waals surface area (Å²) in [7, 11) is 0. The first-order valence-corrected chi connectivity index (χ1v) is 5.50. The van der Waals surface area contributed by atoms with Crippen LogP contribution in [0.15, 0.2) is 23.0 Å². The average Bonchev–Trinajstić information content (AvgIpc) is 2.80. The van der Waals surface area contributed by atoms with Crippen molar-refractivity contribution in [1.82, 2.24) is 15.2 Å². The molecule has 0 bridgehead atoms. The third-order valence-corrected chi connectivity index (χ3v) is 2.52. The van der Waals surface area contributed by atoms with E-state index < -0.39 is 28.0 Å². The standard InChI is InChI=1S/C10H8F3N5O3/c11-10(12,13)5-1-2-6(7(3-5)18(20)21)14-4-8-15-9(19)17-16-8/h1-3,14H,4H2,(H2,15,16,17,19). The number of anilines is 1. The van der Waals surface area contributed by atoms with Crippen molar-refractivity contribution in [1.29, 1.82) is 0 Å². The van der Waals surface area contributed by atoms with Gasteiger partial charge < -0.3 is 5.32 Å². The van der Waals surface area contributed by atoms with Gasteiger partial charge in [-0.25, -0.2) is 9.89 Å². The number of benzene rings is 1. The molecule has 2 aromatic rings. The van der Waals surface area contributed by atoms with Crippen molar-refractivity contribution in [2.24, 2.45) is 0 Å². The van der Waals surface area contributed by atoms with Gasteiger partial charge in [-0.05, 0) is 12.1 Å². The van der Waals surface area contributed by atoms with Crippen molar-refractivity contribution in [3.63, 3.8) is 0 Å². The number of H-pyrrole nitrogens is 2. The third-order valence-electron chi connectivity index (χ3n) is 2.52. The van der Waals surface area contributed by atoms with E-state index in [1.54, 1.807) is 0 Å². The molecule has 8 nitrogen and oxygen atoms in total. The van der Waals surface area contributed by atoms with E-state index in [4.69, 9.17) is 0 Å². The van der Waals surface area contributed by atoms with E-state index in [0.29, 0.717) is 6.07 Å². The van der Waals surface area contributed by atoms with Gasteiger partial charge in [-0.2, -0.15) is 18.3 Å². The van der Waals surface area contributed by atoms with Gasteiger partial charge in [0.2, 0.25) is 0 Å². The Bertz CT molecular complexity index is 721. The molecule has 0 aliphatic carbocycles. The summed E-state index contributed by atoms with van der Waals surface area (Å²) in [5.74, 6) is 0.161. The maximum absolute atomic E-state index is 12.5. The summed E-state index contributed by atoms with van der Waals surface area (Å²) >= 11 is 0. The minimum absolute atomic E-state index is 0.0923. The van der Waals surface area contributed by atoms with E-state index >= 15 is 0 Å². The zero-order valence-corrected chi connectivity index (χ0v) is 10.2. The molecule has 1 aromatic carbocycles. The highest BCUT2D eigenvalue weighted by atomic mass is 19.4. The Morgan fingerprint density at radius 1 is 1.38 bits per heavy atom. The summed E-state index contributed by atoms with van der Waals surface area (Å²) in [6.45, 7) is -0.0923. The fourth-order valence-corrected chi connectivity index (χ4v) is 1.58. The van der Waals surface area contributed by atoms with Gasteiger partial charge in [0.15, 0.2) is 0 Å². The molecule has 0 amide bonds. The number of nitrogens with zero attached hydrogens (tertiary/aromatic N) is 2. The second-order valence-electron chi connectivity index (χ2n) is 3.96. The van der Waals surface area contributed by atoms with Gasteiger partial charge in [-0.1, -0.05) is 0 Å². The molecule has 0 saturated carbocycles.